The highest BCUT2D eigenvalue weighted by Gasteiger charge is 2.56. The van der Waals surface area contributed by atoms with Crippen LogP contribution >= 0.6 is 12.4 Å². The summed E-state index contributed by atoms with van der Waals surface area (Å²) in [6.07, 6.45) is 10.1. The smallest absolute Gasteiger partial charge is 0.226 e. The molecular weight excluding hydrogens is 260 g/mol. The first-order valence-corrected chi connectivity index (χ1v) is 7.54. The van der Waals surface area contributed by atoms with Gasteiger partial charge in [0.15, 0.2) is 0 Å². The summed E-state index contributed by atoms with van der Waals surface area (Å²) in [7, 11) is 0. The molecule has 2 bridgehead atoms. The van der Waals surface area contributed by atoms with Crippen molar-refractivity contribution in [1.82, 2.24) is 10.2 Å². The minimum atomic E-state index is 0. The SMILES string of the molecule is Cl.O=C(C1CC=CCC1)N1[C@@H]2CC[C@H]1[C@H]1CNC[C@H]12. The van der Waals surface area contributed by atoms with Gasteiger partial charge in [-0.25, -0.2) is 0 Å². The highest BCUT2D eigenvalue weighted by atomic mass is 35.5. The number of hydrogen-bond acceptors (Lipinski definition) is 2. The molecule has 3 aliphatic heterocycles. The lowest BCUT2D eigenvalue weighted by Gasteiger charge is -2.29. The maximum atomic E-state index is 12.8. The zero-order valence-electron chi connectivity index (χ0n) is 11.3. The molecule has 0 spiro atoms. The van der Waals surface area contributed by atoms with Gasteiger partial charge in [-0.3, -0.25) is 4.79 Å². The monoisotopic (exact) mass is 282 g/mol. The van der Waals surface area contributed by atoms with Crippen LogP contribution in [0.15, 0.2) is 12.2 Å². The number of halogens is 1. The maximum absolute atomic E-state index is 12.8. The number of carbonyl (C=O) groups excluding carboxylic acids is 1. The van der Waals surface area contributed by atoms with E-state index in [0.29, 0.717) is 18.0 Å². The van der Waals surface area contributed by atoms with Crippen LogP contribution in [0.4, 0.5) is 0 Å². The van der Waals surface area contributed by atoms with Crippen molar-refractivity contribution in [3.8, 4) is 0 Å². The lowest BCUT2D eigenvalue weighted by Crippen LogP contribution is -2.42. The Morgan fingerprint density at radius 2 is 1.74 bits per heavy atom. The Kier molecular flexibility index (Phi) is 3.61. The molecule has 0 aromatic rings. The summed E-state index contributed by atoms with van der Waals surface area (Å²) in [4.78, 5) is 15.1. The Morgan fingerprint density at radius 3 is 2.32 bits per heavy atom. The van der Waals surface area contributed by atoms with Crippen LogP contribution in [-0.4, -0.2) is 36.0 Å². The van der Waals surface area contributed by atoms with E-state index in [0.717, 1.165) is 44.2 Å². The summed E-state index contributed by atoms with van der Waals surface area (Å²) in [5.41, 5.74) is 0. The Bertz CT molecular complexity index is 380. The molecule has 1 N–H and O–H groups in total. The number of nitrogens with zero attached hydrogens (tertiary/aromatic N) is 1. The topological polar surface area (TPSA) is 32.3 Å². The van der Waals surface area contributed by atoms with E-state index in [9.17, 15) is 4.79 Å². The van der Waals surface area contributed by atoms with Crippen LogP contribution in [0.3, 0.4) is 0 Å². The van der Waals surface area contributed by atoms with Gasteiger partial charge in [-0.15, -0.1) is 12.4 Å². The molecule has 0 saturated carbocycles. The van der Waals surface area contributed by atoms with Crippen LogP contribution < -0.4 is 5.32 Å². The number of carbonyl (C=O) groups is 1. The van der Waals surface area contributed by atoms with Crippen molar-refractivity contribution in [2.45, 2.75) is 44.2 Å². The number of nitrogens with one attached hydrogen (secondary N) is 1. The van der Waals surface area contributed by atoms with E-state index in [4.69, 9.17) is 0 Å². The summed E-state index contributed by atoms with van der Waals surface area (Å²) >= 11 is 0. The third kappa shape index (κ3) is 1.93. The Labute approximate surface area is 121 Å². The average Bonchev–Trinajstić information content (AvgIpc) is 3.10. The van der Waals surface area contributed by atoms with Gasteiger partial charge >= 0.3 is 0 Å². The van der Waals surface area contributed by atoms with Crippen LogP contribution in [0, 0.1) is 17.8 Å². The largest absolute Gasteiger partial charge is 0.336 e. The predicted octanol–water partition coefficient (Wildman–Crippen LogP) is 1.97. The van der Waals surface area contributed by atoms with E-state index >= 15 is 0 Å². The molecule has 3 saturated heterocycles. The van der Waals surface area contributed by atoms with E-state index in [-0.39, 0.29) is 18.3 Å². The van der Waals surface area contributed by atoms with Crippen LogP contribution in [0.5, 0.6) is 0 Å². The van der Waals surface area contributed by atoms with Gasteiger partial charge < -0.3 is 10.2 Å². The minimum absolute atomic E-state index is 0. The van der Waals surface area contributed by atoms with E-state index in [2.05, 4.69) is 22.4 Å². The van der Waals surface area contributed by atoms with Crippen molar-refractivity contribution in [3.05, 3.63) is 12.2 Å². The third-order valence-corrected chi connectivity index (χ3v) is 5.64. The van der Waals surface area contributed by atoms with Crippen molar-refractivity contribution >= 4 is 18.3 Å². The first-order valence-electron chi connectivity index (χ1n) is 7.54. The summed E-state index contributed by atoms with van der Waals surface area (Å²) in [6, 6.07) is 1.13. The van der Waals surface area contributed by atoms with Crippen molar-refractivity contribution < 1.29 is 4.79 Å². The van der Waals surface area contributed by atoms with Crippen molar-refractivity contribution in [2.75, 3.05) is 13.1 Å². The van der Waals surface area contributed by atoms with E-state index < -0.39 is 0 Å². The fourth-order valence-electron chi connectivity index (χ4n) is 4.82. The second-order valence-corrected chi connectivity index (χ2v) is 6.42. The second-order valence-electron chi connectivity index (χ2n) is 6.42. The molecule has 19 heavy (non-hydrogen) atoms. The van der Waals surface area contributed by atoms with Gasteiger partial charge in [-0.1, -0.05) is 12.2 Å². The number of hydrogen-bond donors (Lipinski definition) is 1. The molecule has 0 aromatic heterocycles. The molecule has 4 rings (SSSR count). The lowest BCUT2D eigenvalue weighted by molar-refractivity contribution is -0.137. The predicted molar refractivity (Wildman–Crippen MR) is 77.2 cm³/mol. The normalized spacial score (nSPS) is 43.2. The van der Waals surface area contributed by atoms with E-state index in [1.54, 1.807) is 0 Å². The van der Waals surface area contributed by atoms with Gasteiger partial charge in [0.1, 0.15) is 0 Å². The molecule has 1 amide bonds. The molecule has 1 unspecified atom stereocenters. The Hall–Kier alpha value is -0.540. The Morgan fingerprint density at radius 1 is 1.05 bits per heavy atom. The molecule has 4 aliphatic rings. The number of fused-ring (bicyclic) bond motifs is 5. The maximum Gasteiger partial charge on any atom is 0.226 e. The fourth-order valence-corrected chi connectivity index (χ4v) is 4.82. The van der Waals surface area contributed by atoms with Crippen LogP contribution in [0.1, 0.15) is 32.1 Å². The summed E-state index contributed by atoms with van der Waals surface area (Å²) in [5, 5.41) is 3.51. The molecule has 3 nitrogen and oxygen atoms in total. The van der Waals surface area contributed by atoms with E-state index in [1.165, 1.54) is 12.8 Å². The van der Waals surface area contributed by atoms with Gasteiger partial charge in [-0.05, 0) is 43.9 Å². The number of rotatable bonds is 1. The highest BCUT2D eigenvalue weighted by Crippen LogP contribution is 2.48. The van der Waals surface area contributed by atoms with Crippen LogP contribution in [0.25, 0.3) is 0 Å². The van der Waals surface area contributed by atoms with Gasteiger partial charge in [0.2, 0.25) is 5.91 Å². The first kappa shape index (κ1) is 13.4. The lowest BCUT2D eigenvalue weighted by atomic mass is 9.82. The molecule has 0 aromatic carbocycles. The summed E-state index contributed by atoms with van der Waals surface area (Å²) < 4.78 is 0. The minimum Gasteiger partial charge on any atom is -0.336 e. The molecule has 1 aliphatic carbocycles. The van der Waals surface area contributed by atoms with Crippen molar-refractivity contribution in [2.24, 2.45) is 17.8 Å². The van der Waals surface area contributed by atoms with Gasteiger partial charge in [0.25, 0.3) is 0 Å². The fraction of sp³-hybridized carbons (Fsp3) is 0.800. The molecule has 0 radical (unpaired) electrons. The Balaban J connectivity index is 0.00000110. The number of amides is 1. The zero-order valence-corrected chi connectivity index (χ0v) is 12.1. The van der Waals surface area contributed by atoms with Crippen molar-refractivity contribution in [1.29, 1.82) is 0 Å². The summed E-state index contributed by atoms with van der Waals surface area (Å²) in [6.45, 7) is 2.28. The number of allylic oxidation sites excluding steroid dienone is 2. The molecule has 5 atom stereocenters. The van der Waals surface area contributed by atoms with Crippen LogP contribution in [0.2, 0.25) is 0 Å². The zero-order chi connectivity index (χ0) is 12.1. The van der Waals surface area contributed by atoms with Crippen molar-refractivity contribution in [3.63, 3.8) is 0 Å². The van der Waals surface area contributed by atoms with E-state index in [1.807, 2.05) is 0 Å². The molecule has 4 heteroatoms. The molecule has 3 heterocycles. The van der Waals surface area contributed by atoms with Gasteiger partial charge in [-0.2, -0.15) is 0 Å². The third-order valence-electron chi connectivity index (χ3n) is 5.64. The van der Waals surface area contributed by atoms with Gasteiger partial charge in [0.05, 0.1) is 0 Å². The van der Waals surface area contributed by atoms with Crippen LogP contribution in [-0.2, 0) is 4.79 Å². The quantitative estimate of drug-likeness (QED) is 0.746. The molecule has 106 valence electrons. The molecule has 3 fully saturated rings. The van der Waals surface area contributed by atoms with Gasteiger partial charge in [0, 0.05) is 31.1 Å². The standard InChI is InChI=1S/C15H22N2O.ClH/c18-15(10-4-2-1-3-5-10)17-13-6-7-14(17)12-9-16-8-11(12)13;/h1-2,10-14,16H,3-9H2;1H/t10?,11-,12+,13-,14+;. The average molecular weight is 283 g/mol. The first-order chi connectivity index (χ1) is 8.86. The summed E-state index contributed by atoms with van der Waals surface area (Å²) in [5.74, 6) is 2.27. The molecular formula is C15H23ClN2O. The highest BCUT2D eigenvalue weighted by molar-refractivity contribution is 5.85. The second kappa shape index (κ2) is 5.10.